The van der Waals surface area contributed by atoms with Crippen LogP contribution in [0.25, 0.3) is 5.82 Å². The van der Waals surface area contributed by atoms with Crippen LogP contribution in [0, 0.1) is 5.92 Å². The summed E-state index contributed by atoms with van der Waals surface area (Å²) in [4.78, 5) is 16.4. The van der Waals surface area contributed by atoms with Crippen molar-refractivity contribution in [3.8, 4) is 5.82 Å². The van der Waals surface area contributed by atoms with Crippen LogP contribution in [0.4, 0.5) is 5.69 Å². The number of carbonyl (C=O) groups excluding carboxylic acids is 1. The van der Waals surface area contributed by atoms with Gasteiger partial charge in [0.1, 0.15) is 0 Å². The van der Waals surface area contributed by atoms with Crippen molar-refractivity contribution in [1.82, 2.24) is 14.8 Å². The number of hydrogen-bond acceptors (Lipinski definition) is 3. The number of allylic oxidation sites excluding steroid dienone is 2. The number of amides is 1. The molecule has 20 heavy (non-hydrogen) atoms. The number of nitrogens with one attached hydrogen (secondary N) is 1. The van der Waals surface area contributed by atoms with Gasteiger partial charge in [0.25, 0.3) is 0 Å². The Kier molecular flexibility index (Phi) is 3.58. The Balaban J connectivity index is 1.66. The van der Waals surface area contributed by atoms with Crippen molar-refractivity contribution in [2.45, 2.75) is 19.3 Å². The summed E-state index contributed by atoms with van der Waals surface area (Å²) < 4.78 is 1.68. The third kappa shape index (κ3) is 2.77. The van der Waals surface area contributed by atoms with Gasteiger partial charge in [0.05, 0.1) is 11.9 Å². The van der Waals surface area contributed by atoms with E-state index < -0.39 is 0 Å². The van der Waals surface area contributed by atoms with E-state index >= 15 is 0 Å². The molecule has 5 heteroatoms. The molecule has 2 aromatic heterocycles. The highest BCUT2D eigenvalue weighted by atomic mass is 16.1. The molecule has 1 aliphatic rings. The first kappa shape index (κ1) is 12.6. The van der Waals surface area contributed by atoms with Crippen molar-refractivity contribution in [1.29, 1.82) is 0 Å². The molecular weight excluding hydrogens is 252 g/mol. The number of rotatable bonds is 3. The van der Waals surface area contributed by atoms with E-state index in [4.69, 9.17) is 0 Å². The smallest absolute Gasteiger partial charge is 0.227 e. The third-order valence-electron chi connectivity index (χ3n) is 3.39. The van der Waals surface area contributed by atoms with E-state index in [1.54, 1.807) is 17.1 Å². The molecule has 0 saturated carbocycles. The second-order valence-electron chi connectivity index (χ2n) is 4.83. The summed E-state index contributed by atoms with van der Waals surface area (Å²) in [5, 5.41) is 7.03. The van der Waals surface area contributed by atoms with E-state index in [1.165, 1.54) is 0 Å². The topological polar surface area (TPSA) is 59.8 Å². The van der Waals surface area contributed by atoms with Gasteiger partial charge in [0, 0.05) is 18.3 Å². The summed E-state index contributed by atoms with van der Waals surface area (Å²) in [5.74, 6) is 0.877. The summed E-state index contributed by atoms with van der Waals surface area (Å²) in [6.07, 6.45) is 12.1. The summed E-state index contributed by atoms with van der Waals surface area (Å²) >= 11 is 0. The maximum atomic E-state index is 12.1. The first-order valence-electron chi connectivity index (χ1n) is 6.75. The molecular formula is C15H16N4O. The third-order valence-corrected chi connectivity index (χ3v) is 3.39. The zero-order valence-corrected chi connectivity index (χ0v) is 11.1. The number of nitrogens with zero attached hydrogens (tertiary/aromatic N) is 3. The van der Waals surface area contributed by atoms with Gasteiger partial charge in [0.15, 0.2) is 5.82 Å². The van der Waals surface area contributed by atoms with Crippen molar-refractivity contribution in [3.05, 3.63) is 48.9 Å². The van der Waals surface area contributed by atoms with E-state index in [0.29, 0.717) is 0 Å². The largest absolute Gasteiger partial charge is 0.324 e. The highest BCUT2D eigenvalue weighted by Gasteiger charge is 2.18. The molecule has 1 unspecified atom stereocenters. The zero-order chi connectivity index (χ0) is 13.8. The predicted molar refractivity (Wildman–Crippen MR) is 76.5 cm³/mol. The summed E-state index contributed by atoms with van der Waals surface area (Å²) in [6, 6.07) is 5.53. The molecule has 2 heterocycles. The molecule has 3 rings (SSSR count). The molecule has 0 radical (unpaired) electrons. The highest BCUT2D eigenvalue weighted by molar-refractivity contribution is 5.92. The second-order valence-corrected chi connectivity index (χ2v) is 4.83. The predicted octanol–water partition coefficient (Wildman–Crippen LogP) is 2.56. The van der Waals surface area contributed by atoms with E-state index in [9.17, 15) is 4.79 Å². The lowest BCUT2D eigenvalue weighted by Crippen LogP contribution is -2.23. The highest BCUT2D eigenvalue weighted by Crippen LogP contribution is 2.20. The fourth-order valence-corrected chi connectivity index (χ4v) is 2.28. The molecule has 0 bridgehead atoms. The van der Waals surface area contributed by atoms with Crippen LogP contribution in [0.1, 0.15) is 19.3 Å². The van der Waals surface area contributed by atoms with Crippen LogP contribution in [0.2, 0.25) is 0 Å². The molecule has 2 aromatic rings. The van der Waals surface area contributed by atoms with Crippen LogP contribution in [-0.2, 0) is 4.79 Å². The van der Waals surface area contributed by atoms with Crippen molar-refractivity contribution in [2.24, 2.45) is 5.92 Å². The molecule has 102 valence electrons. The quantitative estimate of drug-likeness (QED) is 0.870. The fraction of sp³-hybridized carbons (Fsp3) is 0.267. The number of pyridine rings is 1. The average Bonchev–Trinajstić information content (AvgIpc) is 3.03. The zero-order valence-electron chi connectivity index (χ0n) is 11.1. The lowest BCUT2D eigenvalue weighted by molar-refractivity contribution is -0.120. The van der Waals surface area contributed by atoms with Gasteiger partial charge in [-0.25, -0.2) is 9.67 Å². The molecule has 0 spiro atoms. The van der Waals surface area contributed by atoms with Crippen LogP contribution >= 0.6 is 0 Å². The van der Waals surface area contributed by atoms with Crippen molar-refractivity contribution >= 4 is 11.6 Å². The first-order valence-corrected chi connectivity index (χ1v) is 6.75. The van der Waals surface area contributed by atoms with Crippen molar-refractivity contribution in [3.63, 3.8) is 0 Å². The summed E-state index contributed by atoms with van der Waals surface area (Å²) in [6.45, 7) is 0. The van der Waals surface area contributed by atoms with E-state index in [2.05, 4.69) is 27.6 Å². The Hall–Kier alpha value is -2.43. The van der Waals surface area contributed by atoms with E-state index in [1.807, 2.05) is 24.4 Å². The van der Waals surface area contributed by atoms with Crippen LogP contribution in [0.5, 0.6) is 0 Å². The second kappa shape index (κ2) is 5.69. The van der Waals surface area contributed by atoms with Gasteiger partial charge in [-0.15, -0.1) is 0 Å². The average molecular weight is 268 g/mol. The Labute approximate surface area is 117 Å². The monoisotopic (exact) mass is 268 g/mol. The van der Waals surface area contributed by atoms with Gasteiger partial charge >= 0.3 is 0 Å². The SMILES string of the molecule is O=C(Nc1ccc(-n2cccn2)nc1)C1CC=CCC1. The van der Waals surface area contributed by atoms with Crippen LogP contribution < -0.4 is 5.32 Å². The Morgan fingerprint density at radius 1 is 1.35 bits per heavy atom. The molecule has 0 aliphatic heterocycles. The molecule has 5 nitrogen and oxygen atoms in total. The lowest BCUT2D eigenvalue weighted by Gasteiger charge is -2.17. The summed E-state index contributed by atoms with van der Waals surface area (Å²) in [7, 11) is 0. The lowest BCUT2D eigenvalue weighted by atomic mass is 9.93. The Bertz CT molecular complexity index is 601. The van der Waals surface area contributed by atoms with Gasteiger partial charge in [0.2, 0.25) is 5.91 Å². The maximum absolute atomic E-state index is 12.1. The van der Waals surface area contributed by atoms with Crippen LogP contribution in [-0.4, -0.2) is 20.7 Å². The van der Waals surface area contributed by atoms with Gasteiger partial charge < -0.3 is 5.32 Å². The number of carbonyl (C=O) groups is 1. The number of anilines is 1. The molecule has 0 saturated heterocycles. The molecule has 0 aromatic carbocycles. The molecule has 1 atom stereocenters. The Morgan fingerprint density at radius 3 is 2.95 bits per heavy atom. The molecule has 1 N–H and O–H groups in total. The summed E-state index contributed by atoms with van der Waals surface area (Å²) in [5.41, 5.74) is 0.723. The first-order chi connectivity index (χ1) is 9.83. The van der Waals surface area contributed by atoms with E-state index in [-0.39, 0.29) is 11.8 Å². The fourth-order valence-electron chi connectivity index (χ4n) is 2.28. The normalized spacial score (nSPS) is 17.9. The van der Waals surface area contributed by atoms with Gasteiger partial charge in [-0.2, -0.15) is 5.10 Å². The minimum absolute atomic E-state index is 0.0722. The van der Waals surface area contributed by atoms with Crippen LogP contribution in [0.3, 0.4) is 0 Å². The maximum Gasteiger partial charge on any atom is 0.227 e. The van der Waals surface area contributed by atoms with Gasteiger partial charge in [-0.3, -0.25) is 4.79 Å². The minimum Gasteiger partial charge on any atom is -0.324 e. The number of aromatic nitrogens is 3. The minimum atomic E-state index is 0.0722. The molecule has 1 amide bonds. The van der Waals surface area contributed by atoms with Gasteiger partial charge in [-0.05, 0) is 37.5 Å². The standard InChI is InChI=1S/C15H16N4O/c20-15(12-5-2-1-3-6-12)18-13-7-8-14(16-11-13)19-10-4-9-17-19/h1-2,4,7-12H,3,5-6H2,(H,18,20). The molecule has 0 fully saturated rings. The van der Waals surface area contributed by atoms with Crippen molar-refractivity contribution < 1.29 is 4.79 Å². The molecule has 1 aliphatic carbocycles. The Morgan fingerprint density at radius 2 is 2.30 bits per heavy atom. The van der Waals surface area contributed by atoms with Crippen molar-refractivity contribution in [2.75, 3.05) is 5.32 Å². The van der Waals surface area contributed by atoms with Gasteiger partial charge in [-0.1, -0.05) is 12.2 Å². The van der Waals surface area contributed by atoms with Crippen LogP contribution in [0.15, 0.2) is 48.9 Å². The number of hydrogen-bond donors (Lipinski definition) is 1. The van der Waals surface area contributed by atoms with E-state index in [0.717, 1.165) is 30.8 Å².